The van der Waals surface area contributed by atoms with E-state index in [2.05, 4.69) is 0 Å². The maximum Gasteiger partial charge on any atom is 0.248 e. The van der Waals surface area contributed by atoms with E-state index in [0.717, 1.165) is 18.9 Å². The Morgan fingerprint density at radius 3 is 2.21 bits per heavy atom. The molecular formula is C18H16N2O6S2. The van der Waals surface area contributed by atoms with Crippen LogP contribution in [0.25, 0.3) is 11.0 Å². The van der Waals surface area contributed by atoms with Gasteiger partial charge in [-0.15, -0.1) is 0 Å². The first-order valence-electron chi connectivity index (χ1n) is 8.34. The largest absolute Gasteiger partial charge is 0.459 e. The van der Waals surface area contributed by atoms with Crippen molar-refractivity contribution >= 4 is 36.7 Å². The van der Waals surface area contributed by atoms with Crippen molar-refractivity contribution in [1.29, 1.82) is 0 Å². The van der Waals surface area contributed by atoms with Gasteiger partial charge in [0.1, 0.15) is 21.1 Å². The molecule has 4 rings (SSSR count). The molecule has 3 aromatic rings. The summed E-state index contributed by atoms with van der Waals surface area (Å²) in [7, 11) is -8.60. The normalized spacial score (nSPS) is 15.0. The average Bonchev–Trinajstić information content (AvgIpc) is 3.40. The fourth-order valence-electron chi connectivity index (χ4n) is 3.16. The van der Waals surface area contributed by atoms with Gasteiger partial charge < -0.3 is 10.2 Å². The molecule has 0 aliphatic heterocycles. The van der Waals surface area contributed by atoms with Crippen LogP contribution in [0.3, 0.4) is 0 Å². The van der Waals surface area contributed by atoms with E-state index >= 15 is 0 Å². The van der Waals surface area contributed by atoms with Gasteiger partial charge in [-0.1, -0.05) is 12.1 Å². The lowest BCUT2D eigenvalue weighted by atomic mass is 10.1. The molecule has 1 heterocycles. The quantitative estimate of drug-likeness (QED) is 0.643. The highest BCUT2D eigenvalue weighted by Crippen LogP contribution is 2.48. The van der Waals surface area contributed by atoms with E-state index in [9.17, 15) is 21.6 Å². The fraction of sp³-hybridized carbons (Fsp3) is 0.167. The van der Waals surface area contributed by atoms with Crippen molar-refractivity contribution in [1.82, 2.24) is 0 Å². The number of benzene rings is 2. The molecule has 1 aliphatic carbocycles. The summed E-state index contributed by atoms with van der Waals surface area (Å²) in [5, 5.41) is 5.40. The zero-order valence-corrected chi connectivity index (χ0v) is 16.1. The molecule has 4 N–H and O–H groups in total. The molecule has 0 saturated heterocycles. The molecule has 146 valence electrons. The lowest BCUT2D eigenvalue weighted by Crippen LogP contribution is -2.17. The van der Waals surface area contributed by atoms with Crippen LogP contribution in [0.5, 0.6) is 0 Å². The highest BCUT2D eigenvalue weighted by molar-refractivity contribution is 7.93. The topological polar surface area (TPSA) is 151 Å². The van der Waals surface area contributed by atoms with Gasteiger partial charge in [-0.05, 0) is 43.2 Å². The van der Waals surface area contributed by atoms with Crippen LogP contribution >= 0.6 is 0 Å². The molecule has 2 aromatic carbocycles. The van der Waals surface area contributed by atoms with Gasteiger partial charge in [-0.25, -0.2) is 22.0 Å². The van der Waals surface area contributed by atoms with Crippen molar-refractivity contribution in [2.45, 2.75) is 33.4 Å². The number of sulfone groups is 1. The number of nitrogens with two attached hydrogens (primary N) is 2. The van der Waals surface area contributed by atoms with Crippen LogP contribution in [0.1, 0.15) is 34.9 Å². The van der Waals surface area contributed by atoms with Gasteiger partial charge >= 0.3 is 0 Å². The minimum absolute atomic E-state index is 0.0872. The summed E-state index contributed by atoms with van der Waals surface area (Å²) in [6, 6.07) is 9.39. The standard InChI is InChI=1S/C18H16N2O6S2/c19-18(21)11-7-8-13-12(9-11)17(16(26-13)10-5-6-10)27(22,23)14-3-1-2-4-15(14)28(20,24)25/h1-4,7-10H,5-6H2,(H2,19,21)(H2,20,24,25). The van der Waals surface area contributed by atoms with Crippen molar-refractivity contribution in [2.24, 2.45) is 10.9 Å². The van der Waals surface area contributed by atoms with Gasteiger partial charge in [-0.3, -0.25) is 4.79 Å². The van der Waals surface area contributed by atoms with E-state index in [1.165, 1.54) is 36.4 Å². The Hall–Kier alpha value is -2.69. The van der Waals surface area contributed by atoms with Crippen LogP contribution in [0.15, 0.2) is 61.6 Å². The molecule has 1 saturated carbocycles. The number of furan rings is 1. The number of carbonyl (C=O) groups excluding carboxylic acids is 1. The molecule has 0 radical (unpaired) electrons. The number of carbonyl (C=O) groups is 1. The summed E-state index contributed by atoms with van der Waals surface area (Å²) in [4.78, 5) is 10.5. The number of hydrogen-bond acceptors (Lipinski definition) is 6. The first-order chi connectivity index (χ1) is 13.1. The summed E-state index contributed by atoms with van der Waals surface area (Å²) in [5.41, 5.74) is 5.71. The summed E-state index contributed by atoms with van der Waals surface area (Å²) in [5.74, 6) is -0.555. The first kappa shape index (κ1) is 18.7. The maximum atomic E-state index is 13.5. The van der Waals surface area contributed by atoms with Crippen LogP contribution in [0.2, 0.25) is 0 Å². The van der Waals surface area contributed by atoms with Crippen molar-refractivity contribution in [3.63, 3.8) is 0 Å². The summed E-state index contributed by atoms with van der Waals surface area (Å²) >= 11 is 0. The van der Waals surface area contributed by atoms with E-state index < -0.39 is 35.6 Å². The molecule has 28 heavy (non-hydrogen) atoms. The van der Waals surface area contributed by atoms with Crippen molar-refractivity contribution in [3.05, 3.63) is 53.8 Å². The summed E-state index contributed by atoms with van der Waals surface area (Å²) < 4.78 is 56.7. The van der Waals surface area contributed by atoms with Crippen LogP contribution < -0.4 is 10.9 Å². The highest BCUT2D eigenvalue weighted by atomic mass is 32.2. The van der Waals surface area contributed by atoms with Crippen LogP contribution in [-0.4, -0.2) is 22.7 Å². The predicted octanol–water partition coefficient (Wildman–Crippen LogP) is 1.89. The fourth-order valence-corrected chi connectivity index (χ4v) is 6.18. The molecule has 0 unspecified atom stereocenters. The number of sulfonamides is 1. The summed E-state index contributed by atoms with van der Waals surface area (Å²) in [6.07, 6.45) is 1.50. The minimum Gasteiger partial charge on any atom is -0.459 e. The third-order valence-electron chi connectivity index (χ3n) is 4.61. The molecule has 0 atom stereocenters. The van der Waals surface area contributed by atoms with Gasteiger partial charge in [0, 0.05) is 16.9 Å². The number of rotatable bonds is 5. The molecule has 10 heteroatoms. The first-order valence-corrected chi connectivity index (χ1v) is 11.4. The Labute approximate surface area is 161 Å². The van der Waals surface area contributed by atoms with E-state index in [0.29, 0.717) is 0 Å². The van der Waals surface area contributed by atoms with Gasteiger partial charge in [0.2, 0.25) is 25.8 Å². The van der Waals surface area contributed by atoms with Crippen LogP contribution in [0, 0.1) is 0 Å². The lowest BCUT2D eigenvalue weighted by molar-refractivity contribution is 0.100. The summed E-state index contributed by atoms with van der Waals surface area (Å²) in [6.45, 7) is 0. The highest BCUT2D eigenvalue weighted by Gasteiger charge is 2.38. The number of primary amides is 1. The van der Waals surface area contributed by atoms with Crippen LogP contribution in [0.4, 0.5) is 0 Å². The molecule has 0 spiro atoms. The van der Waals surface area contributed by atoms with Crippen LogP contribution in [-0.2, 0) is 19.9 Å². The second-order valence-corrected chi connectivity index (χ2v) is 10.0. The van der Waals surface area contributed by atoms with E-state index in [1.54, 1.807) is 0 Å². The Morgan fingerprint density at radius 1 is 1.00 bits per heavy atom. The molecule has 1 amide bonds. The number of fused-ring (bicyclic) bond motifs is 1. The maximum absolute atomic E-state index is 13.5. The van der Waals surface area contributed by atoms with Gasteiger partial charge in [-0.2, -0.15) is 0 Å². The number of primary sulfonamides is 1. The van der Waals surface area contributed by atoms with Gasteiger partial charge in [0.25, 0.3) is 0 Å². The van der Waals surface area contributed by atoms with E-state index in [4.69, 9.17) is 15.3 Å². The monoisotopic (exact) mass is 420 g/mol. The SMILES string of the molecule is NC(=O)c1ccc2oc(C3CC3)c(S(=O)(=O)c3ccccc3S(N)(=O)=O)c2c1. The van der Waals surface area contributed by atoms with Gasteiger partial charge in [0.05, 0.1) is 4.90 Å². The predicted molar refractivity (Wildman–Crippen MR) is 100.0 cm³/mol. The lowest BCUT2D eigenvalue weighted by Gasteiger charge is -2.09. The van der Waals surface area contributed by atoms with Gasteiger partial charge in [0.15, 0.2) is 0 Å². The molecule has 1 aliphatic rings. The molecule has 1 aromatic heterocycles. The van der Waals surface area contributed by atoms with Crippen molar-refractivity contribution in [2.75, 3.05) is 0 Å². The Bertz CT molecular complexity index is 1340. The van der Waals surface area contributed by atoms with E-state index in [1.807, 2.05) is 0 Å². The van der Waals surface area contributed by atoms with Crippen molar-refractivity contribution in [3.8, 4) is 0 Å². The third kappa shape index (κ3) is 2.99. The Morgan fingerprint density at radius 2 is 1.64 bits per heavy atom. The third-order valence-corrected chi connectivity index (χ3v) is 7.61. The zero-order chi connectivity index (χ0) is 20.3. The molecular weight excluding hydrogens is 404 g/mol. The Kier molecular flexibility index (Phi) is 4.11. The minimum atomic E-state index is -4.32. The second-order valence-electron chi connectivity index (χ2n) is 6.64. The molecule has 0 bridgehead atoms. The number of hydrogen-bond donors (Lipinski definition) is 2. The Balaban J connectivity index is 2.07. The smallest absolute Gasteiger partial charge is 0.248 e. The second kappa shape index (κ2) is 6.16. The average molecular weight is 420 g/mol. The number of amides is 1. The molecule has 1 fully saturated rings. The molecule has 8 nitrogen and oxygen atoms in total. The van der Waals surface area contributed by atoms with Crippen molar-refractivity contribution < 1.29 is 26.0 Å². The zero-order valence-electron chi connectivity index (χ0n) is 14.5. The van der Waals surface area contributed by atoms with E-state index in [-0.39, 0.29) is 33.1 Å².